The first-order valence-corrected chi connectivity index (χ1v) is 7.29. The van der Waals surface area contributed by atoms with Crippen LogP contribution in [0.2, 0.25) is 0 Å². The summed E-state index contributed by atoms with van der Waals surface area (Å²) in [6, 6.07) is 13.6. The van der Waals surface area contributed by atoms with Gasteiger partial charge in [0.15, 0.2) is 0 Å². The SMILES string of the molecule is CCCCc1cc(C)c(C)c(-c2ccc(C)cc2)c1. The first-order valence-electron chi connectivity index (χ1n) is 7.29. The molecular weight excluding hydrogens is 228 g/mol. The number of unbranched alkanes of at least 4 members (excludes halogenated alkanes) is 1. The number of benzene rings is 2. The van der Waals surface area contributed by atoms with Gasteiger partial charge in [-0.15, -0.1) is 0 Å². The second-order valence-corrected chi connectivity index (χ2v) is 5.55. The van der Waals surface area contributed by atoms with E-state index in [1.54, 1.807) is 0 Å². The first kappa shape index (κ1) is 13.9. The molecule has 0 heterocycles. The van der Waals surface area contributed by atoms with Crippen LogP contribution in [-0.4, -0.2) is 0 Å². The summed E-state index contributed by atoms with van der Waals surface area (Å²) < 4.78 is 0. The lowest BCUT2D eigenvalue weighted by Gasteiger charge is -2.13. The summed E-state index contributed by atoms with van der Waals surface area (Å²) in [5, 5.41) is 0. The Labute approximate surface area is 117 Å². The van der Waals surface area contributed by atoms with Crippen molar-refractivity contribution < 1.29 is 0 Å². The molecular formula is C19H24. The van der Waals surface area contributed by atoms with Gasteiger partial charge < -0.3 is 0 Å². The highest BCUT2D eigenvalue weighted by atomic mass is 14.1. The Bertz CT molecular complexity index is 547. The lowest BCUT2D eigenvalue weighted by molar-refractivity contribution is 0.794. The highest BCUT2D eigenvalue weighted by Crippen LogP contribution is 2.28. The van der Waals surface area contributed by atoms with Gasteiger partial charge in [0.05, 0.1) is 0 Å². The van der Waals surface area contributed by atoms with Crippen LogP contribution in [0.3, 0.4) is 0 Å². The number of aryl methyl sites for hydroxylation is 3. The van der Waals surface area contributed by atoms with Gasteiger partial charge in [-0.1, -0.05) is 55.3 Å². The van der Waals surface area contributed by atoms with Gasteiger partial charge in [-0.3, -0.25) is 0 Å². The fraction of sp³-hybridized carbons (Fsp3) is 0.368. The third-order valence-corrected chi connectivity index (χ3v) is 3.91. The topological polar surface area (TPSA) is 0 Å². The Morgan fingerprint density at radius 3 is 2.21 bits per heavy atom. The van der Waals surface area contributed by atoms with E-state index in [0.29, 0.717) is 0 Å². The van der Waals surface area contributed by atoms with Crippen molar-refractivity contribution in [3.05, 3.63) is 58.7 Å². The van der Waals surface area contributed by atoms with Crippen LogP contribution in [0.1, 0.15) is 42.0 Å². The molecule has 2 aromatic carbocycles. The molecule has 0 nitrogen and oxygen atoms in total. The Morgan fingerprint density at radius 1 is 0.895 bits per heavy atom. The average molecular weight is 252 g/mol. The lowest BCUT2D eigenvalue weighted by Crippen LogP contribution is -1.93. The van der Waals surface area contributed by atoms with Crippen LogP contribution in [0.15, 0.2) is 36.4 Å². The summed E-state index contributed by atoms with van der Waals surface area (Å²) in [6.07, 6.45) is 3.72. The van der Waals surface area contributed by atoms with E-state index in [2.05, 4.69) is 64.1 Å². The minimum Gasteiger partial charge on any atom is -0.0654 e. The molecule has 0 spiro atoms. The van der Waals surface area contributed by atoms with Gasteiger partial charge in [0.1, 0.15) is 0 Å². The number of rotatable bonds is 4. The highest BCUT2D eigenvalue weighted by molar-refractivity contribution is 5.69. The van der Waals surface area contributed by atoms with Crippen molar-refractivity contribution in [2.45, 2.75) is 47.0 Å². The maximum atomic E-state index is 2.38. The van der Waals surface area contributed by atoms with E-state index < -0.39 is 0 Å². The van der Waals surface area contributed by atoms with Gasteiger partial charge in [0.2, 0.25) is 0 Å². The third-order valence-electron chi connectivity index (χ3n) is 3.91. The fourth-order valence-electron chi connectivity index (χ4n) is 2.49. The fourth-order valence-corrected chi connectivity index (χ4v) is 2.49. The quantitative estimate of drug-likeness (QED) is 0.662. The smallest absolute Gasteiger partial charge is 0.0149 e. The third kappa shape index (κ3) is 3.26. The van der Waals surface area contributed by atoms with Gasteiger partial charge in [0.25, 0.3) is 0 Å². The molecule has 0 atom stereocenters. The Hall–Kier alpha value is -1.56. The molecule has 0 heteroatoms. The van der Waals surface area contributed by atoms with E-state index in [0.717, 1.165) is 0 Å². The van der Waals surface area contributed by atoms with Crippen LogP contribution in [0, 0.1) is 20.8 Å². The zero-order chi connectivity index (χ0) is 13.8. The summed E-state index contributed by atoms with van der Waals surface area (Å²) in [6.45, 7) is 8.85. The van der Waals surface area contributed by atoms with Crippen LogP contribution >= 0.6 is 0 Å². The van der Waals surface area contributed by atoms with E-state index in [-0.39, 0.29) is 0 Å². The van der Waals surface area contributed by atoms with Gasteiger partial charge in [-0.2, -0.15) is 0 Å². The van der Waals surface area contributed by atoms with Crippen molar-refractivity contribution in [3.63, 3.8) is 0 Å². The minimum absolute atomic E-state index is 1.19. The Morgan fingerprint density at radius 2 is 1.58 bits per heavy atom. The second-order valence-electron chi connectivity index (χ2n) is 5.55. The monoisotopic (exact) mass is 252 g/mol. The second kappa shape index (κ2) is 6.06. The van der Waals surface area contributed by atoms with E-state index in [9.17, 15) is 0 Å². The summed E-state index contributed by atoms with van der Waals surface area (Å²) in [5.74, 6) is 0. The van der Waals surface area contributed by atoms with Crippen LogP contribution < -0.4 is 0 Å². The van der Waals surface area contributed by atoms with Gasteiger partial charge >= 0.3 is 0 Å². The summed E-state index contributed by atoms with van der Waals surface area (Å²) in [5.41, 5.74) is 8.34. The minimum atomic E-state index is 1.19. The molecule has 0 aliphatic rings. The molecule has 0 saturated carbocycles. The molecule has 0 unspecified atom stereocenters. The molecule has 0 aromatic heterocycles. The van der Waals surface area contributed by atoms with E-state index >= 15 is 0 Å². The summed E-state index contributed by atoms with van der Waals surface area (Å²) in [7, 11) is 0. The molecule has 0 amide bonds. The standard InChI is InChI=1S/C19H24/c1-5-6-7-17-12-15(3)16(4)19(13-17)18-10-8-14(2)9-11-18/h8-13H,5-7H2,1-4H3. The molecule has 0 aliphatic carbocycles. The lowest BCUT2D eigenvalue weighted by atomic mass is 9.92. The average Bonchev–Trinajstić information content (AvgIpc) is 2.41. The molecule has 0 bridgehead atoms. The molecule has 0 N–H and O–H groups in total. The maximum Gasteiger partial charge on any atom is -0.0149 e. The van der Waals surface area contributed by atoms with Crippen molar-refractivity contribution in [2.75, 3.05) is 0 Å². The first-order chi connectivity index (χ1) is 9.11. The molecule has 2 aromatic rings. The summed E-state index contributed by atoms with van der Waals surface area (Å²) in [4.78, 5) is 0. The molecule has 0 aliphatic heterocycles. The molecule has 2 rings (SSSR count). The molecule has 0 radical (unpaired) electrons. The van der Waals surface area contributed by atoms with Crippen LogP contribution in [0.5, 0.6) is 0 Å². The Balaban J connectivity index is 2.43. The van der Waals surface area contributed by atoms with Gasteiger partial charge in [-0.05, 0) is 61.4 Å². The van der Waals surface area contributed by atoms with Crippen molar-refractivity contribution in [2.24, 2.45) is 0 Å². The van der Waals surface area contributed by atoms with Crippen molar-refractivity contribution >= 4 is 0 Å². The predicted molar refractivity (Wildman–Crippen MR) is 84.7 cm³/mol. The normalized spacial score (nSPS) is 10.7. The zero-order valence-corrected chi connectivity index (χ0v) is 12.6. The zero-order valence-electron chi connectivity index (χ0n) is 12.6. The largest absolute Gasteiger partial charge is 0.0654 e. The molecule has 19 heavy (non-hydrogen) atoms. The molecule has 0 fully saturated rings. The van der Waals surface area contributed by atoms with Crippen LogP contribution in [-0.2, 0) is 6.42 Å². The van der Waals surface area contributed by atoms with Gasteiger partial charge in [-0.25, -0.2) is 0 Å². The van der Waals surface area contributed by atoms with Crippen LogP contribution in [0.4, 0.5) is 0 Å². The van der Waals surface area contributed by atoms with Crippen molar-refractivity contribution in [1.82, 2.24) is 0 Å². The molecule has 100 valence electrons. The number of hydrogen-bond donors (Lipinski definition) is 0. The van der Waals surface area contributed by atoms with E-state index in [1.807, 2.05) is 0 Å². The number of hydrogen-bond acceptors (Lipinski definition) is 0. The maximum absolute atomic E-state index is 2.38. The predicted octanol–water partition coefficient (Wildman–Crippen LogP) is 5.62. The van der Waals surface area contributed by atoms with E-state index in [4.69, 9.17) is 0 Å². The Kier molecular flexibility index (Phi) is 4.42. The molecule has 0 saturated heterocycles. The van der Waals surface area contributed by atoms with Crippen molar-refractivity contribution in [1.29, 1.82) is 0 Å². The van der Waals surface area contributed by atoms with Crippen LogP contribution in [0.25, 0.3) is 11.1 Å². The van der Waals surface area contributed by atoms with Gasteiger partial charge in [0, 0.05) is 0 Å². The summed E-state index contributed by atoms with van der Waals surface area (Å²) >= 11 is 0. The highest BCUT2D eigenvalue weighted by Gasteiger charge is 2.06. The van der Waals surface area contributed by atoms with E-state index in [1.165, 1.54) is 52.6 Å². The van der Waals surface area contributed by atoms with Crippen molar-refractivity contribution in [3.8, 4) is 11.1 Å².